The summed E-state index contributed by atoms with van der Waals surface area (Å²) in [4.78, 5) is 31.3. The summed E-state index contributed by atoms with van der Waals surface area (Å²) in [6.45, 7) is 1.37. The Morgan fingerprint density at radius 1 is 0.903 bits per heavy atom. The van der Waals surface area contributed by atoms with Gasteiger partial charge in [-0.05, 0) is 35.9 Å². The maximum Gasteiger partial charge on any atom is 0.416 e. The Bertz CT molecular complexity index is 1080. The monoisotopic (exact) mass is 429 g/mol. The summed E-state index contributed by atoms with van der Waals surface area (Å²) >= 11 is 0. The number of anilines is 4. The highest BCUT2D eigenvalue weighted by Gasteiger charge is 2.33. The number of rotatable bonds is 6. The number of nitrogens with zero attached hydrogens (tertiary/aromatic N) is 2. The highest BCUT2D eigenvalue weighted by atomic mass is 19.4. The van der Waals surface area contributed by atoms with Gasteiger partial charge in [0.2, 0.25) is 11.8 Å². The summed E-state index contributed by atoms with van der Waals surface area (Å²) < 4.78 is 39.2. The number of nitrogens with one attached hydrogen (secondary N) is 3. The molecule has 7 nitrogen and oxygen atoms in total. The number of amides is 2. The highest BCUT2D eigenvalue weighted by Crippen LogP contribution is 2.32. The minimum atomic E-state index is -4.52. The Labute approximate surface area is 175 Å². The lowest BCUT2D eigenvalue weighted by Gasteiger charge is -2.13. The SMILES string of the molecule is CC(=O)Nc1cc(Nc2ccc(NC(=O)Cc3ccccc3C(F)(F)F)cc2)ncn1. The van der Waals surface area contributed by atoms with Crippen LogP contribution in [0.25, 0.3) is 0 Å². The van der Waals surface area contributed by atoms with E-state index in [1.54, 1.807) is 30.3 Å². The molecule has 2 aromatic carbocycles. The van der Waals surface area contributed by atoms with Crippen molar-refractivity contribution in [3.8, 4) is 0 Å². The van der Waals surface area contributed by atoms with Crippen LogP contribution in [0.4, 0.5) is 36.2 Å². The van der Waals surface area contributed by atoms with Crippen molar-refractivity contribution < 1.29 is 22.8 Å². The Morgan fingerprint density at radius 3 is 2.23 bits per heavy atom. The number of alkyl halides is 3. The van der Waals surface area contributed by atoms with Crippen LogP contribution in [0.1, 0.15) is 18.1 Å². The van der Waals surface area contributed by atoms with Crippen LogP contribution in [0.2, 0.25) is 0 Å². The van der Waals surface area contributed by atoms with E-state index in [1.165, 1.54) is 31.5 Å². The van der Waals surface area contributed by atoms with Gasteiger partial charge in [0.25, 0.3) is 0 Å². The molecule has 0 aliphatic rings. The first-order chi connectivity index (χ1) is 14.7. The van der Waals surface area contributed by atoms with E-state index in [9.17, 15) is 22.8 Å². The van der Waals surface area contributed by atoms with Crippen LogP contribution in [0.3, 0.4) is 0 Å². The lowest BCUT2D eigenvalue weighted by atomic mass is 10.0. The molecule has 0 spiro atoms. The second kappa shape index (κ2) is 9.24. The average molecular weight is 429 g/mol. The van der Waals surface area contributed by atoms with E-state index in [0.717, 1.165) is 6.07 Å². The van der Waals surface area contributed by atoms with E-state index in [0.29, 0.717) is 23.0 Å². The zero-order valence-electron chi connectivity index (χ0n) is 16.3. The number of hydrogen-bond acceptors (Lipinski definition) is 5. The molecule has 31 heavy (non-hydrogen) atoms. The van der Waals surface area contributed by atoms with Crippen molar-refractivity contribution in [1.82, 2.24) is 9.97 Å². The van der Waals surface area contributed by atoms with Crippen LogP contribution < -0.4 is 16.0 Å². The molecule has 3 rings (SSSR count). The first kappa shape index (κ1) is 21.8. The van der Waals surface area contributed by atoms with Gasteiger partial charge in [-0.15, -0.1) is 0 Å². The number of hydrogen-bond donors (Lipinski definition) is 3. The van der Waals surface area contributed by atoms with Crippen molar-refractivity contribution in [2.45, 2.75) is 19.5 Å². The third-order valence-electron chi connectivity index (χ3n) is 4.09. The van der Waals surface area contributed by atoms with E-state index in [1.807, 2.05) is 0 Å². The largest absolute Gasteiger partial charge is 0.416 e. The minimum absolute atomic E-state index is 0.0930. The average Bonchev–Trinajstić information content (AvgIpc) is 2.69. The van der Waals surface area contributed by atoms with E-state index < -0.39 is 24.1 Å². The Hall–Kier alpha value is -3.95. The van der Waals surface area contributed by atoms with E-state index in [4.69, 9.17) is 0 Å². The van der Waals surface area contributed by atoms with E-state index >= 15 is 0 Å². The van der Waals surface area contributed by atoms with Crippen LogP contribution in [-0.4, -0.2) is 21.8 Å². The molecule has 2 amide bonds. The fourth-order valence-corrected chi connectivity index (χ4v) is 2.79. The van der Waals surface area contributed by atoms with Crippen molar-refractivity contribution >= 4 is 34.8 Å². The fraction of sp³-hybridized carbons (Fsp3) is 0.143. The summed E-state index contributed by atoms with van der Waals surface area (Å²) in [5, 5.41) is 8.15. The van der Waals surface area contributed by atoms with E-state index in [2.05, 4.69) is 25.9 Å². The molecule has 10 heteroatoms. The molecular formula is C21H18F3N5O2. The molecule has 0 aliphatic heterocycles. The van der Waals surface area contributed by atoms with Gasteiger partial charge < -0.3 is 16.0 Å². The van der Waals surface area contributed by atoms with Crippen LogP contribution in [0.15, 0.2) is 60.9 Å². The number of halogens is 3. The molecule has 1 aromatic heterocycles. The van der Waals surface area contributed by atoms with Gasteiger partial charge in [0.15, 0.2) is 0 Å². The molecule has 1 heterocycles. The number of aromatic nitrogens is 2. The number of carbonyl (C=O) groups excluding carboxylic acids is 2. The molecule has 160 valence electrons. The van der Waals surface area contributed by atoms with Gasteiger partial charge in [0.1, 0.15) is 18.0 Å². The van der Waals surface area contributed by atoms with Gasteiger partial charge in [-0.3, -0.25) is 9.59 Å². The lowest BCUT2D eigenvalue weighted by Crippen LogP contribution is -2.17. The summed E-state index contributed by atoms with van der Waals surface area (Å²) in [7, 11) is 0. The van der Waals surface area contributed by atoms with Gasteiger partial charge >= 0.3 is 6.18 Å². The first-order valence-corrected chi connectivity index (χ1v) is 9.12. The molecule has 0 fully saturated rings. The van der Waals surface area contributed by atoms with Gasteiger partial charge in [-0.1, -0.05) is 18.2 Å². The molecule has 0 atom stereocenters. The maximum atomic E-state index is 13.1. The summed E-state index contributed by atoms with van der Waals surface area (Å²) in [5.74, 6) is -0.0388. The van der Waals surface area contributed by atoms with Crippen LogP contribution in [-0.2, 0) is 22.2 Å². The third-order valence-corrected chi connectivity index (χ3v) is 4.09. The molecule has 0 unspecified atom stereocenters. The second-order valence-electron chi connectivity index (χ2n) is 6.55. The van der Waals surface area contributed by atoms with Crippen molar-refractivity contribution in [1.29, 1.82) is 0 Å². The lowest BCUT2D eigenvalue weighted by molar-refractivity contribution is -0.138. The molecule has 3 N–H and O–H groups in total. The quantitative estimate of drug-likeness (QED) is 0.541. The smallest absolute Gasteiger partial charge is 0.340 e. The first-order valence-electron chi connectivity index (χ1n) is 9.12. The van der Waals surface area contributed by atoms with Crippen molar-refractivity contribution in [2.75, 3.05) is 16.0 Å². The van der Waals surface area contributed by atoms with Gasteiger partial charge in [0.05, 0.1) is 12.0 Å². The summed E-state index contributed by atoms with van der Waals surface area (Å²) in [6, 6.07) is 13.1. The Morgan fingerprint density at radius 2 is 1.55 bits per heavy atom. The normalized spacial score (nSPS) is 11.0. The predicted octanol–water partition coefficient (Wildman–Crippen LogP) is 4.38. The van der Waals surface area contributed by atoms with E-state index in [-0.39, 0.29) is 11.5 Å². The van der Waals surface area contributed by atoms with Crippen LogP contribution in [0, 0.1) is 0 Å². The molecule has 0 saturated heterocycles. The predicted molar refractivity (Wildman–Crippen MR) is 110 cm³/mol. The second-order valence-corrected chi connectivity index (χ2v) is 6.55. The van der Waals surface area contributed by atoms with Crippen molar-refractivity contribution in [3.05, 3.63) is 72.1 Å². The number of benzene rings is 2. The Kier molecular flexibility index (Phi) is 6.49. The summed E-state index contributed by atoms with van der Waals surface area (Å²) in [6.07, 6.45) is -3.63. The fourth-order valence-electron chi connectivity index (χ4n) is 2.79. The number of carbonyl (C=O) groups is 2. The topological polar surface area (TPSA) is 96.0 Å². The molecular weight excluding hydrogens is 411 g/mol. The van der Waals surface area contributed by atoms with Crippen molar-refractivity contribution in [2.24, 2.45) is 0 Å². The summed E-state index contributed by atoms with van der Waals surface area (Å²) in [5.41, 5.74) is 0.159. The van der Waals surface area contributed by atoms with Crippen molar-refractivity contribution in [3.63, 3.8) is 0 Å². The van der Waals surface area contributed by atoms with Gasteiger partial charge in [0, 0.05) is 24.4 Å². The zero-order chi connectivity index (χ0) is 22.4. The van der Waals surface area contributed by atoms with Crippen LogP contribution in [0.5, 0.6) is 0 Å². The maximum absolute atomic E-state index is 13.1. The third kappa shape index (κ3) is 6.26. The van der Waals surface area contributed by atoms with Gasteiger partial charge in [-0.25, -0.2) is 9.97 Å². The van der Waals surface area contributed by atoms with Crippen LogP contribution >= 0.6 is 0 Å². The minimum Gasteiger partial charge on any atom is -0.340 e. The molecule has 0 bridgehead atoms. The van der Waals surface area contributed by atoms with Gasteiger partial charge in [-0.2, -0.15) is 13.2 Å². The molecule has 0 aliphatic carbocycles. The zero-order valence-corrected chi connectivity index (χ0v) is 16.3. The Balaban J connectivity index is 1.62. The molecule has 3 aromatic rings. The molecule has 0 saturated carbocycles. The highest BCUT2D eigenvalue weighted by molar-refractivity contribution is 5.92. The standard InChI is InChI=1S/C21H18F3N5O2/c1-13(30)27-18-11-19(26-12-25-18)28-15-6-8-16(9-7-15)29-20(31)10-14-4-2-3-5-17(14)21(22,23)24/h2-9,11-12H,10H2,1H3,(H,29,31)(H2,25,26,27,28,30). The molecule has 0 radical (unpaired) electrons.